The minimum atomic E-state index is -4.70. The molecule has 0 saturated heterocycles. The second kappa shape index (κ2) is 6.23. The van der Waals surface area contributed by atoms with Gasteiger partial charge in [0.1, 0.15) is 0 Å². The molecule has 0 aromatic rings. The predicted octanol–water partition coefficient (Wildman–Crippen LogP) is 2.62. The maximum Gasteiger partial charge on any atom is 0.403 e. The lowest BCUT2D eigenvalue weighted by molar-refractivity contribution is -0.196. The van der Waals surface area contributed by atoms with Gasteiger partial charge < -0.3 is 10.0 Å². The Hall–Kier alpha value is -0.780. The summed E-state index contributed by atoms with van der Waals surface area (Å²) in [4.78, 5) is 12.0. The summed E-state index contributed by atoms with van der Waals surface area (Å²) >= 11 is 0. The highest BCUT2D eigenvalue weighted by atomic mass is 19.4. The molecule has 0 saturated carbocycles. The SMILES string of the molecule is CC(C)CC(C)N(C)CC(C(=O)O)C(F)(F)F. The second-order valence-corrected chi connectivity index (χ2v) is 4.85. The number of rotatable bonds is 6. The molecule has 0 aliphatic heterocycles. The van der Waals surface area contributed by atoms with Crippen molar-refractivity contribution in [3.63, 3.8) is 0 Å². The van der Waals surface area contributed by atoms with Crippen LogP contribution in [0.1, 0.15) is 27.2 Å². The summed E-state index contributed by atoms with van der Waals surface area (Å²) in [5.74, 6) is -3.77. The van der Waals surface area contributed by atoms with Crippen molar-refractivity contribution >= 4 is 5.97 Å². The molecule has 0 amide bonds. The van der Waals surface area contributed by atoms with Gasteiger partial charge >= 0.3 is 12.1 Å². The topological polar surface area (TPSA) is 40.5 Å². The van der Waals surface area contributed by atoms with E-state index in [-0.39, 0.29) is 6.04 Å². The molecule has 0 radical (unpaired) electrons. The van der Waals surface area contributed by atoms with Crippen LogP contribution >= 0.6 is 0 Å². The van der Waals surface area contributed by atoms with Crippen molar-refractivity contribution in [1.82, 2.24) is 4.90 Å². The van der Waals surface area contributed by atoms with Gasteiger partial charge in [0.05, 0.1) is 0 Å². The fraction of sp³-hybridized carbons (Fsp3) is 0.909. The standard InChI is InChI=1S/C11H20F3NO2/c1-7(2)5-8(3)15(4)6-9(10(16)17)11(12,13)14/h7-9H,5-6H2,1-4H3,(H,16,17). The summed E-state index contributed by atoms with van der Waals surface area (Å²) in [5, 5.41) is 8.57. The molecule has 0 aliphatic rings. The Balaban J connectivity index is 4.51. The highest BCUT2D eigenvalue weighted by Gasteiger charge is 2.45. The van der Waals surface area contributed by atoms with E-state index in [9.17, 15) is 18.0 Å². The highest BCUT2D eigenvalue weighted by Crippen LogP contribution is 2.27. The molecular formula is C11H20F3NO2. The molecule has 0 rings (SSSR count). The lowest BCUT2D eigenvalue weighted by Crippen LogP contribution is -2.43. The van der Waals surface area contributed by atoms with Crippen molar-refractivity contribution in [2.75, 3.05) is 13.6 Å². The number of hydrogen-bond donors (Lipinski definition) is 1. The number of carboxylic acid groups (broad SMARTS) is 1. The number of nitrogens with zero attached hydrogens (tertiary/aromatic N) is 1. The first-order valence-corrected chi connectivity index (χ1v) is 5.55. The summed E-state index contributed by atoms with van der Waals surface area (Å²) in [6.07, 6.45) is -3.96. The van der Waals surface area contributed by atoms with Crippen LogP contribution in [0.2, 0.25) is 0 Å². The molecule has 0 aromatic carbocycles. The first-order valence-electron chi connectivity index (χ1n) is 5.55. The van der Waals surface area contributed by atoms with E-state index in [0.717, 1.165) is 6.42 Å². The third-order valence-electron chi connectivity index (χ3n) is 2.73. The maximum atomic E-state index is 12.4. The fourth-order valence-electron chi connectivity index (χ4n) is 1.65. The summed E-state index contributed by atoms with van der Waals surface area (Å²) in [5.41, 5.74) is 0. The number of halogens is 3. The Bertz CT molecular complexity index is 254. The third kappa shape index (κ3) is 5.91. The van der Waals surface area contributed by atoms with Crippen LogP contribution in [-0.4, -0.2) is 41.8 Å². The van der Waals surface area contributed by atoms with Crippen molar-refractivity contribution in [2.24, 2.45) is 11.8 Å². The number of aliphatic carboxylic acids is 1. The smallest absolute Gasteiger partial charge is 0.403 e. The first kappa shape index (κ1) is 16.2. The zero-order valence-corrected chi connectivity index (χ0v) is 10.6. The lowest BCUT2D eigenvalue weighted by Gasteiger charge is -2.29. The second-order valence-electron chi connectivity index (χ2n) is 4.85. The monoisotopic (exact) mass is 255 g/mol. The Morgan fingerprint density at radius 3 is 2.06 bits per heavy atom. The van der Waals surface area contributed by atoms with Crippen LogP contribution in [0.15, 0.2) is 0 Å². The fourth-order valence-corrected chi connectivity index (χ4v) is 1.65. The number of hydrogen-bond acceptors (Lipinski definition) is 2. The molecule has 1 N–H and O–H groups in total. The number of alkyl halides is 3. The molecule has 0 aromatic heterocycles. The van der Waals surface area contributed by atoms with Gasteiger partial charge in [-0.2, -0.15) is 13.2 Å². The van der Waals surface area contributed by atoms with Crippen LogP contribution in [-0.2, 0) is 4.79 Å². The van der Waals surface area contributed by atoms with Crippen molar-refractivity contribution in [3.05, 3.63) is 0 Å². The van der Waals surface area contributed by atoms with Gasteiger partial charge in [-0.3, -0.25) is 4.79 Å². The van der Waals surface area contributed by atoms with Gasteiger partial charge in [0.25, 0.3) is 0 Å². The van der Waals surface area contributed by atoms with Gasteiger partial charge in [0.2, 0.25) is 0 Å². The van der Waals surface area contributed by atoms with E-state index >= 15 is 0 Å². The molecule has 0 heterocycles. The van der Waals surface area contributed by atoms with Gasteiger partial charge in [0.15, 0.2) is 5.92 Å². The van der Waals surface area contributed by atoms with Crippen molar-refractivity contribution in [3.8, 4) is 0 Å². The molecule has 2 unspecified atom stereocenters. The van der Waals surface area contributed by atoms with Crippen molar-refractivity contribution in [2.45, 2.75) is 39.4 Å². The molecule has 0 bridgehead atoms. The van der Waals surface area contributed by atoms with E-state index in [4.69, 9.17) is 5.11 Å². The molecule has 0 aliphatic carbocycles. The summed E-state index contributed by atoms with van der Waals surface area (Å²) in [6, 6.07) is -0.0702. The van der Waals surface area contributed by atoms with Crippen LogP contribution in [0, 0.1) is 11.8 Å². The largest absolute Gasteiger partial charge is 0.481 e. The zero-order valence-electron chi connectivity index (χ0n) is 10.6. The van der Waals surface area contributed by atoms with Gasteiger partial charge in [-0.15, -0.1) is 0 Å². The van der Waals surface area contributed by atoms with Crippen LogP contribution in [0.4, 0.5) is 13.2 Å². The average molecular weight is 255 g/mol. The van der Waals surface area contributed by atoms with Crippen molar-refractivity contribution in [1.29, 1.82) is 0 Å². The van der Waals surface area contributed by atoms with Gasteiger partial charge in [-0.05, 0) is 26.3 Å². The highest BCUT2D eigenvalue weighted by molar-refractivity contribution is 5.71. The van der Waals surface area contributed by atoms with Gasteiger partial charge in [-0.1, -0.05) is 13.8 Å². The van der Waals surface area contributed by atoms with Crippen LogP contribution in [0.5, 0.6) is 0 Å². The van der Waals surface area contributed by atoms with Crippen molar-refractivity contribution < 1.29 is 23.1 Å². The van der Waals surface area contributed by atoms with E-state index in [1.54, 1.807) is 6.92 Å². The third-order valence-corrected chi connectivity index (χ3v) is 2.73. The average Bonchev–Trinajstić information content (AvgIpc) is 2.09. The first-order chi connectivity index (χ1) is 7.55. The van der Waals surface area contributed by atoms with Crippen LogP contribution in [0.25, 0.3) is 0 Å². The Morgan fingerprint density at radius 2 is 1.76 bits per heavy atom. The van der Waals surface area contributed by atoms with E-state index in [0.29, 0.717) is 5.92 Å². The van der Waals surface area contributed by atoms with E-state index in [1.165, 1.54) is 11.9 Å². The lowest BCUT2D eigenvalue weighted by atomic mass is 10.0. The summed E-state index contributed by atoms with van der Waals surface area (Å²) in [6.45, 7) is 5.24. The number of carboxylic acids is 1. The Kier molecular flexibility index (Phi) is 5.95. The predicted molar refractivity (Wildman–Crippen MR) is 58.7 cm³/mol. The maximum absolute atomic E-state index is 12.4. The minimum Gasteiger partial charge on any atom is -0.481 e. The van der Waals surface area contributed by atoms with Gasteiger partial charge in [0, 0.05) is 12.6 Å². The summed E-state index contributed by atoms with van der Waals surface area (Å²) < 4.78 is 37.3. The number of carbonyl (C=O) groups is 1. The molecule has 0 fully saturated rings. The van der Waals surface area contributed by atoms with Crippen LogP contribution < -0.4 is 0 Å². The molecular weight excluding hydrogens is 235 g/mol. The minimum absolute atomic E-state index is 0.0702. The zero-order chi connectivity index (χ0) is 13.8. The van der Waals surface area contributed by atoms with E-state index in [1.807, 2.05) is 13.8 Å². The molecule has 17 heavy (non-hydrogen) atoms. The van der Waals surface area contributed by atoms with Gasteiger partial charge in [-0.25, -0.2) is 0 Å². The quantitative estimate of drug-likeness (QED) is 0.793. The normalized spacial score (nSPS) is 16.3. The summed E-state index contributed by atoms with van der Waals surface area (Å²) in [7, 11) is 1.52. The van der Waals surface area contributed by atoms with Crippen LogP contribution in [0.3, 0.4) is 0 Å². The van der Waals surface area contributed by atoms with E-state index < -0.39 is 24.6 Å². The van der Waals surface area contributed by atoms with E-state index in [2.05, 4.69) is 0 Å². The molecule has 0 spiro atoms. The Labute approximate surface area is 99.6 Å². The molecule has 102 valence electrons. The molecule has 2 atom stereocenters. The molecule has 6 heteroatoms. The Morgan fingerprint density at radius 1 is 1.29 bits per heavy atom. The molecule has 3 nitrogen and oxygen atoms in total.